The van der Waals surface area contributed by atoms with Crippen LogP contribution in [0.5, 0.6) is 0 Å². The number of rotatable bonds is 5. The van der Waals surface area contributed by atoms with Crippen LogP contribution in [0.1, 0.15) is 60.6 Å². The number of carbonyl (C=O) groups excluding carboxylic acids is 1. The molecule has 31 heavy (non-hydrogen) atoms. The van der Waals surface area contributed by atoms with Crippen molar-refractivity contribution in [1.29, 1.82) is 0 Å². The van der Waals surface area contributed by atoms with Crippen LogP contribution < -0.4 is 11.0 Å². The van der Waals surface area contributed by atoms with Crippen molar-refractivity contribution in [3.8, 4) is 11.3 Å². The lowest BCUT2D eigenvalue weighted by molar-refractivity contribution is 0.0940. The summed E-state index contributed by atoms with van der Waals surface area (Å²) >= 11 is 0. The Labute approximate surface area is 179 Å². The molecule has 158 valence electrons. The maximum atomic E-state index is 13.3. The monoisotopic (exact) mass is 415 g/mol. The lowest BCUT2D eigenvalue weighted by atomic mass is 10.0. The fraction of sp³-hybridized carbons (Fsp3) is 0.292. The van der Waals surface area contributed by atoms with E-state index in [1.54, 1.807) is 6.20 Å². The number of imidazole rings is 1. The fourth-order valence-electron chi connectivity index (χ4n) is 4.52. The van der Waals surface area contributed by atoms with E-state index in [1.807, 2.05) is 60.1 Å². The molecule has 2 aromatic carbocycles. The Morgan fingerprint density at radius 2 is 1.84 bits per heavy atom. The first-order valence-electron chi connectivity index (χ1n) is 10.8. The van der Waals surface area contributed by atoms with Crippen LogP contribution in [0.15, 0.2) is 59.5 Å². The maximum absolute atomic E-state index is 13.3. The molecule has 1 amide bonds. The molecule has 0 bridgehead atoms. The van der Waals surface area contributed by atoms with Gasteiger partial charge in [0, 0.05) is 5.56 Å². The van der Waals surface area contributed by atoms with Crippen LogP contribution in [0.2, 0.25) is 0 Å². The summed E-state index contributed by atoms with van der Waals surface area (Å²) in [7, 11) is 0. The van der Waals surface area contributed by atoms with Crippen molar-refractivity contribution in [2.45, 2.75) is 44.7 Å². The highest BCUT2D eigenvalue weighted by Gasteiger charge is 2.26. The zero-order valence-electron chi connectivity index (χ0n) is 17.4. The highest BCUT2D eigenvalue weighted by Crippen LogP contribution is 2.35. The molecule has 0 saturated heterocycles. The van der Waals surface area contributed by atoms with Crippen LogP contribution in [-0.4, -0.2) is 25.7 Å². The third-order valence-corrected chi connectivity index (χ3v) is 6.15. The van der Waals surface area contributed by atoms with E-state index in [4.69, 9.17) is 0 Å². The van der Waals surface area contributed by atoms with E-state index in [0.717, 1.165) is 40.7 Å². The number of fused-ring (bicyclic) bond motifs is 1. The molecule has 1 atom stereocenters. The highest BCUT2D eigenvalue weighted by molar-refractivity contribution is 6.00. The van der Waals surface area contributed by atoms with Gasteiger partial charge < -0.3 is 15.3 Å². The summed E-state index contributed by atoms with van der Waals surface area (Å²) in [4.78, 5) is 30.3. The van der Waals surface area contributed by atoms with E-state index in [1.165, 1.54) is 12.8 Å². The normalized spacial score (nSPS) is 15.4. The Hall–Kier alpha value is -3.61. The van der Waals surface area contributed by atoms with Gasteiger partial charge in [0.05, 0.1) is 40.6 Å². The van der Waals surface area contributed by atoms with Gasteiger partial charge in [-0.2, -0.15) is 5.10 Å². The van der Waals surface area contributed by atoms with Crippen molar-refractivity contribution in [2.75, 3.05) is 0 Å². The Balaban J connectivity index is 1.46. The van der Waals surface area contributed by atoms with E-state index in [-0.39, 0.29) is 17.6 Å². The Kier molecular flexibility index (Phi) is 4.94. The number of aromatic nitrogens is 4. The maximum Gasteiger partial charge on any atom is 0.323 e. The number of benzene rings is 2. The number of nitrogens with one attached hydrogen (secondary N) is 3. The minimum Gasteiger partial charge on any atom is -0.345 e. The summed E-state index contributed by atoms with van der Waals surface area (Å²) in [6.45, 7) is 1.94. The third kappa shape index (κ3) is 3.67. The number of carbonyl (C=O) groups is 1. The molecule has 2 aromatic heterocycles. The summed E-state index contributed by atoms with van der Waals surface area (Å²) in [5.41, 5.74) is 4.61. The van der Waals surface area contributed by atoms with Crippen molar-refractivity contribution in [3.05, 3.63) is 76.3 Å². The first kappa shape index (κ1) is 19.4. The predicted octanol–water partition coefficient (Wildman–Crippen LogP) is 4.33. The van der Waals surface area contributed by atoms with Gasteiger partial charge in [-0.15, -0.1) is 0 Å². The molecule has 1 unspecified atom stereocenters. The predicted molar refractivity (Wildman–Crippen MR) is 120 cm³/mol. The summed E-state index contributed by atoms with van der Waals surface area (Å²) in [5, 5.41) is 7.73. The van der Waals surface area contributed by atoms with Crippen LogP contribution in [0.3, 0.4) is 0 Å². The fourth-order valence-corrected chi connectivity index (χ4v) is 4.52. The summed E-state index contributed by atoms with van der Waals surface area (Å²) in [6.07, 6.45) is 6.26. The van der Waals surface area contributed by atoms with E-state index in [0.29, 0.717) is 11.6 Å². The molecule has 7 heteroatoms. The average Bonchev–Trinajstić information content (AvgIpc) is 3.51. The Morgan fingerprint density at radius 3 is 2.61 bits per heavy atom. The summed E-state index contributed by atoms with van der Waals surface area (Å²) in [6, 6.07) is 15.8. The van der Waals surface area contributed by atoms with E-state index in [9.17, 15) is 9.59 Å². The molecule has 1 aliphatic rings. The molecule has 5 rings (SSSR count). The minimum atomic E-state index is -0.240. The first-order chi connectivity index (χ1) is 15.1. The largest absolute Gasteiger partial charge is 0.345 e. The molecule has 2 heterocycles. The second kappa shape index (κ2) is 7.91. The number of hydrogen-bond acceptors (Lipinski definition) is 3. The van der Waals surface area contributed by atoms with Crippen molar-refractivity contribution in [2.24, 2.45) is 0 Å². The molecule has 3 N–H and O–H groups in total. The van der Waals surface area contributed by atoms with Gasteiger partial charge in [-0.05, 0) is 37.5 Å². The second-order valence-electron chi connectivity index (χ2n) is 8.24. The summed E-state index contributed by atoms with van der Waals surface area (Å²) < 4.78 is 2.04. The molecular weight excluding hydrogens is 390 g/mol. The van der Waals surface area contributed by atoms with Crippen molar-refractivity contribution in [1.82, 2.24) is 25.1 Å². The van der Waals surface area contributed by atoms with E-state index < -0.39 is 0 Å². The molecule has 4 aromatic rings. The standard InChI is InChI=1S/C24H25N5O2/c1-15(17-11-12-20-21(13-17)28-24(31)27-20)26-23(30)19-14-25-29(18-9-5-6-10-18)22(19)16-7-3-2-4-8-16/h2-4,7-8,11-15,18H,5-6,9-10H2,1H3,(H,26,30)(H2,27,28,31). The Bertz CT molecular complexity index is 1280. The van der Waals surface area contributed by atoms with E-state index >= 15 is 0 Å². The molecule has 7 nitrogen and oxygen atoms in total. The molecule has 1 fully saturated rings. The van der Waals surface area contributed by atoms with Crippen LogP contribution >= 0.6 is 0 Å². The minimum absolute atomic E-state index is 0.154. The molecule has 0 radical (unpaired) electrons. The van der Waals surface area contributed by atoms with Gasteiger partial charge in [-0.1, -0.05) is 49.2 Å². The first-order valence-corrected chi connectivity index (χ1v) is 10.8. The number of H-pyrrole nitrogens is 2. The van der Waals surface area contributed by atoms with Gasteiger partial charge >= 0.3 is 5.69 Å². The van der Waals surface area contributed by atoms with Gasteiger partial charge in [0.2, 0.25) is 0 Å². The van der Waals surface area contributed by atoms with Crippen LogP contribution in [-0.2, 0) is 0 Å². The number of aromatic amines is 2. The molecule has 0 aliphatic heterocycles. The highest BCUT2D eigenvalue weighted by atomic mass is 16.2. The Morgan fingerprint density at radius 1 is 1.10 bits per heavy atom. The van der Waals surface area contributed by atoms with Crippen LogP contribution in [0.4, 0.5) is 0 Å². The van der Waals surface area contributed by atoms with Crippen molar-refractivity contribution < 1.29 is 4.79 Å². The zero-order chi connectivity index (χ0) is 21.4. The number of amides is 1. The lowest BCUT2D eigenvalue weighted by Crippen LogP contribution is -2.27. The van der Waals surface area contributed by atoms with Crippen LogP contribution in [0.25, 0.3) is 22.3 Å². The molecule has 0 spiro atoms. The quantitative estimate of drug-likeness (QED) is 0.453. The molecule has 1 saturated carbocycles. The molecular formula is C24H25N5O2. The SMILES string of the molecule is CC(NC(=O)c1cnn(C2CCCC2)c1-c1ccccc1)c1ccc2[nH]c(=O)[nH]c2c1. The van der Waals surface area contributed by atoms with Gasteiger partial charge in [0.1, 0.15) is 0 Å². The lowest BCUT2D eigenvalue weighted by Gasteiger charge is -2.17. The van der Waals surface area contributed by atoms with Gasteiger partial charge in [-0.3, -0.25) is 9.48 Å². The molecule has 1 aliphatic carbocycles. The van der Waals surface area contributed by atoms with Crippen LogP contribution in [0, 0.1) is 0 Å². The third-order valence-electron chi connectivity index (χ3n) is 6.15. The van der Waals surface area contributed by atoms with Crippen molar-refractivity contribution in [3.63, 3.8) is 0 Å². The number of nitrogens with zero attached hydrogens (tertiary/aromatic N) is 2. The topological polar surface area (TPSA) is 95.6 Å². The average molecular weight is 415 g/mol. The van der Waals surface area contributed by atoms with Gasteiger partial charge in [0.15, 0.2) is 0 Å². The summed E-state index contributed by atoms with van der Waals surface area (Å²) in [5.74, 6) is -0.154. The zero-order valence-corrected chi connectivity index (χ0v) is 17.4. The second-order valence-corrected chi connectivity index (χ2v) is 8.24. The van der Waals surface area contributed by atoms with Gasteiger partial charge in [0.25, 0.3) is 5.91 Å². The smallest absolute Gasteiger partial charge is 0.323 e. The van der Waals surface area contributed by atoms with Gasteiger partial charge in [-0.25, -0.2) is 4.79 Å². The number of hydrogen-bond donors (Lipinski definition) is 3. The van der Waals surface area contributed by atoms with E-state index in [2.05, 4.69) is 20.4 Å². The van der Waals surface area contributed by atoms with Crippen molar-refractivity contribution >= 4 is 16.9 Å².